The molecule has 1 heterocycles. The van der Waals surface area contributed by atoms with Gasteiger partial charge in [0.15, 0.2) is 0 Å². The Bertz CT molecular complexity index is 312. The molecule has 1 aliphatic rings. The van der Waals surface area contributed by atoms with Crippen molar-refractivity contribution in [2.45, 2.75) is 32.2 Å². The van der Waals surface area contributed by atoms with E-state index < -0.39 is 0 Å². The van der Waals surface area contributed by atoms with Crippen molar-refractivity contribution in [2.24, 2.45) is 5.73 Å². The topological polar surface area (TPSA) is 29.3 Å². The molecule has 0 saturated carbocycles. The Kier molecular flexibility index (Phi) is 3.97. The smallest absolute Gasteiger partial charge is 0.0233 e. The van der Waals surface area contributed by atoms with Gasteiger partial charge < -0.3 is 5.73 Å². The molecule has 2 nitrogen and oxygen atoms in total. The van der Waals surface area contributed by atoms with E-state index in [1.807, 2.05) is 0 Å². The summed E-state index contributed by atoms with van der Waals surface area (Å²) in [4.78, 5) is 2.53. The number of hydrogen-bond acceptors (Lipinski definition) is 2. The Balaban J connectivity index is 1.96. The summed E-state index contributed by atoms with van der Waals surface area (Å²) >= 11 is 0. The van der Waals surface area contributed by atoms with Crippen LogP contribution in [0.5, 0.6) is 0 Å². The molecular weight excluding hydrogens is 196 g/mol. The lowest BCUT2D eigenvalue weighted by Crippen LogP contribution is -2.18. The average Bonchev–Trinajstić information content (AvgIpc) is 2.82. The number of hydrogen-bond donors (Lipinski definition) is 1. The van der Waals surface area contributed by atoms with E-state index in [0.717, 1.165) is 13.1 Å². The third-order valence-electron chi connectivity index (χ3n) is 3.51. The first kappa shape index (κ1) is 11.6. The fourth-order valence-electron chi connectivity index (χ4n) is 2.29. The van der Waals surface area contributed by atoms with Crippen molar-refractivity contribution < 1.29 is 0 Å². The summed E-state index contributed by atoms with van der Waals surface area (Å²) in [5, 5.41) is 0. The molecule has 0 radical (unpaired) electrons. The highest BCUT2D eigenvalue weighted by Crippen LogP contribution is 2.17. The molecule has 0 bridgehead atoms. The second kappa shape index (κ2) is 5.46. The van der Waals surface area contributed by atoms with Crippen LogP contribution in [0.25, 0.3) is 0 Å². The second-order valence-electron chi connectivity index (χ2n) is 4.86. The van der Waals surface area contributed by atoms with Crippen LogP contribution in [0.1, 0.15) is 36.8 Å². The first-order valence-electron chi connectivity index (χ1n) is 6.31. The van der Waals surface area contributed by atoms with Crippen molar-refractivity contribution in [3.63, 3.8) is 0 Å². The fraction of sp³-hybridized carbons (Fsp3) is 0.571. The first-order valence-corrected chi connectivity index (χ1v) is 6.31. The minimum absolute atomic E-state index is 0.473. The van der Waals surface area contributed by atoms with Gasteiger partial charge in [0, 0.05) is 6.54 Å². The standard InChI is InChI=1S/C14H22N2/c1-12(10-15)14-6-4-13(5-7-14)11-16-8-2-3-9-16/h4-7,12H,2-3,8-11,15H2,1H3/t12-/m1/s1. The van der Waals surface area contributed by atoms with Crippen molar-refractivity contribution >= 4 is 0 Å². The lowest BCUT2D eigenvalue weighted by Gasteiger charge is -2.15. The van der Waals surface area contributed by atoms with Gasteiger partial charge in [0.1, 0.15) is 0 Å². The molecule has 16 heavy (non-hydrogen) atoms. The highest BCUT2D eigenvalue weighted by molar-refractivity contribution is 5.25. The van der Waals surface area contributed by atoms with Gasteiger partial charge in [-0.15, -0.1) is 0 Å². The van der Waals surface area contributed by atoms with Gasteiger partial charge in [-0.3, -0.25) is 4.90 Å². The summed E-state index contributed by atoms with van der Waals surface area (Å²) in [6, 6.07) is 8.95. The normalized spacial score (nSPS) is 18.9. The molecular formula is C14H22N2. The quantitative estimate of drug-likeness (QED) is 0.840. The van der Waals surface area contributed by atoms with E-state index in [1.54, 1.807) is 0 Å². The molecule has 0 aliphatic carbocycles. The average molecular weight is 218 g/mol. The first-order chi connectivity index (χ1) is 7.79. The zero-order valence-corrected chi connectivity index (χ0v) is 10.2. The van der Waals surface area contributed by atoms with E-state index >= 15 is 0 Å². The molecule has 1 aromatic rings. The molecule has 1 fully saturated rings. The molecule has 1 aliphatic heterocycles. The minimum Gasteiger partial charge on any atom is -0.330 e. The summed E-state index contributed by atoms with van der Waals surface area (Å²) in [5.74, 6) is 0.473. The SMILES string of the molecule is C[C@H](CN)c1ccc(CN2CCCC2)cc1. The Morgan fingerprint density at radius 2 is 1.81 bits per heavy atom. The van der Waals surface area contributed by atoms with Crippen LogP contribution in [0.4, 0.5) is 0 Å². The van der Waals surface area contributed by atoms with Crippen LogP contribution >= 0.6 is 0 Å². The van der Waals surface area contributed by atoms with E-state index in [9.17, 15) is 0 Å². The third-order valence-corrected chi connectivity index (χ3v) is 3.51. The van der Waals surface area contributed by atoms with E-state index in [0.29, 0.717) is 5.92 Å². The maximum Gasteiger partial charge on any atom is 0.0233 e. The van der Waals surface area contributed by atoms with Crippen molar-refractivity contribution in [2.75, 3.05) is 19.6 Å². The number of benzene rings is 1. The monoisotopic (exact) mass is 218 g/mol. The Hall–Kier alpha value is -0.860. The lowest BCUT2D eigenvalue weighted by molar-refractivity contribution is 0.331. The number of nitrogens with zero attached hydrogens (tertiary/aromatic N) is 1. The molecule has 2 rings (SSSR count). The number of likely N-dealkylation sites (tertiary alicyclic amines) is 1. The molecule has 2 heteroatoms. The van der Waals surface area contributed by atoms with Crippen LogP contribution in [0.15, 0.2) is 24.3 Å². The summed E-state index contributed by atoms with van der Waals surface area (Å²) in [7, 11) is 0. The van der Waals surface area contributed by atoms with Crippen LogP contribution in [0.3, 0.4) is 0 Å². The molecule has 0 amide bonds. The van der Waals surface area contributed by atoms with Gasteiger partial charge >= 0.3 is 0 Å². The van der Waals surface area contributed by atoms with Crippen LogP contribution in [0.2, 0.25) is 0 Å². The van der Waals surface area contributed by atoms with Crippen molar-refractivity contribution in [1.82, 2.24) is 4.90 Å². The minimum atomic E-state index is 0.473. The number of rotatable bonds is 4. The highest BCUT2D eigenvalue weighted by Gasteiger charge is 2.11. The van der Waals surface area contributed by atoms with Crippen LogP contribution < -0.4 is 5.73 Å². The van der Waals surface area contributed by atoms with Gasteiger partial charge in [-0.05, 0) is 49.5 Å². The summed E-state index contributed by atoms with van der Waals surface area (Å²) < 4.78 is 0. The van der Waals surface area contributed by atoms with Gasteiger partial charge in [0.05, 0.1) is 0 Å². The molecule has 0 unspecified atom stereocenters. The Morgan fingerprint density at radius 1 is 1.19 bits per heavy atom. The van der Waals surface area contributed by atoms with Crippen molar-refractivity contribution in [3.05, 3.63) is 35.4 Å². The summed E-state index contributed by atoms with van der Waals surface area (Å²) in [6.07, 6.45) is 2.73. The summed E-state index contributed by atoms with van der Waals surface area (Å²) in [6.45, 7) is 6.54. The Morgan fingerprint density at radius 3 is 2.38 bits per heavy atom. The van der Waals surface area contributed by atoms with Crippen LogP contribution in [-0.2, 0) is 6.54 Å². The maximum absolute atomic E-state index is 5.67. The highest BCUT2D eigenvalue weighted by atomic mass is 15.1. The van der Waals surface area contributed by atoms with Gasteiger partial charge in [-0.1, -0.05) is 31.2 Å². The van der Waals surface area contributed by atoms with E-state index in [-0.39, 0.29) is 0 Å². The van der Waals surface area contributed by atoms with Gasteiger partial charge in [0.2, 0.25) is 0 Å². The second-order valence-corrected chi connectivity index (χ2v) is 4.86. The van der Waals surface area contributed by atoms with E-state index in [2.05, 4.69) is 36.1 Å². The molecule has 1 saturated heterocycles. The van der Waals surface area contributed by atoms with Gasteiger partial charge in [-0.25, -0.2) is 0 Å². The number of nitrogens with two attached hydrogens (primary N) is 1. The zero-order valence-electron chi connectivity index (χ0n) is 10.2. The third kappa shape index (κ3) is 2.83. The van der Waals surface area contributed by atoms with Gasteiger partial charge in [-0.2, -0.15) is 0 Å². The lowest BCUT2D eigenvalue weighted by atomic mass is 10.00. The maximum atomic E-state index is 5.67. The van der Waals surface area contributed by atoms with Gasteiger partial charge in [0.25, 0.3) is 0 Å². The molecule has 0 spiro atoms. The fourth-order valence-corrected chi connectivity index (χ4v) is 2.29. The molecule has 2 N–H and O–H groups in total. The predicted octanol–water partition coefficient (Wildman–Crippen LogP) is 2.34. The van der Waals surface area contributed by atoms with Crippen molar-refractivity contribution in [1.29, 1.82) is 0 Å². The van der Waals surface area contributed by atoms with E-state index in [1.165, 1.54) is 37.1 Å². The van der Waals surface area contributed by atoms with Crippen molar-refractivity contribution in [3.8, 4) is 0 Å². The molecule has 88 valence electrons. The molecule has 1 atom stereocenters. The summed E-state index contributed by atoms with van der Waals surface area (Å²) in [5.41, 5.74) is 8.45. The van der Waals surface area contributed by atoms with Crippen LogP contribution in [-0.4, -0.2) is 24.5 Å². The largest absolute Gasteiger partial charge is 0.330 e. The molecule has 0 aromatic heterocycles. The van der Waals surface area contributed by atoms with Crippen LogP contribution in [0, 0.1) is 0 Å². The zero-order chi connectivity index (χ0) is 11.4. The molecule has 1 aromatic carbocycles. The predicted molar refractivity (Wildman–Crippen MR) is 68.4 cm³/mol. The Labute approximate surface area is 98.4 Å². The van der Waals surface area contributed by atoms with E-state index in [4.69, 9.17) is 5.73 Å².